The van der Waals surface area contributed by atoms with Crippen molar-refractivity contribution in [2.75, 3.05) is 5.73 Å². The summed E-state index contributed by atoms with van der Waals surface area (Å²) in [6.07, 6.45) is 0. The number of nitrogen functional groups attached to an aromatic ring is 1. The molecule has 10 heteroatoms. The summed E-state index contributed by atoms with van der Waals surface area (Å²) < 4.78 is 5.79. The van der Waals surface area contributed by atoms with Gasteiger partial charge in [0.15, 0.2) is 5.69 Å². The summed E-state index contributed by atoms with van der Waals surface area (Å²) >= 11 is 0. The van der Waals surface area contributed by atoms with E-state index in [1.807, 2.05) is 30.3 Å². The summed E-state index contributed by atoms with van der Waals surface area (Å²) in [5.41, 5.74) is 10.2. The third-order valence-corrected chi connectivity index (χ3v) is 3.32. The summed E-state index contributed by atoms with van der Waals surface area (Å²) in [5, 5.41) is 18.8. The van der Waals surface area contributed by atoms with Crippen LogP contribution in [0.5, 0.6) is 0 Å². The molecule has 122 valence electrons. The van der Waals surface area contributed by atoms with E-state index < -0.39 is 5.91 Å². The highest BCUT2D eigenvalue weighted by atomic mass is 16.6. The van der Waals surface area contributed by atoms with Crippen molar-refractivity contribution in [1.82, 2.24) is 30.7 Å². The molecule has 0 aliphatic heterocycles. The van der Waals surface area contributed by atoms with E-state index >= 15 is 0 Å². The van der Waals surface area contributed by atoms with Gasteiger partial charge in [-0.1, -0.05) is 35.5 Å². The lowest BCUT2D eigenvalue weighted by atomic mass is 10.1. The predicted octanol–water partition coefficient (Wildman–Crippen LogP) is 0.695. The van der Waals surface area contributed by atoms with Crippen molar-refractivity contribution in [2.24, 2.45) is 5.10 Å². The Bertz CT molecular complexity index is 897. The van der Waals surface area contributed by atoms with Gasteiger partial charge in [0.2, 0.25) is 11.6 Å². The fourth-order valence-electron chi connectivity index (χ4n) is 2.01. The first-order chi connectivity index (χ1) is 11.6. The molecule has 0 aliphatic carbocycles. The number of nitrogens with one attached hydrogen (secondary N) is 1. The average Bonchev–Trinajstić information content (AvgIpc) is 3.18. The van der Waals surface area contributed by atoms with Crippen LogP contribution in [0.25, 0.3) is 5.82 Å². The second-order valence-corrected chi connectivity index (χ2v) is 4.91. The van der Waals surface area contributed by atoms with Gasteiger partial charge in [-0.3, -0.25) is 4.79 Å². The van der Waals surface area contributed by atoms with E-state index in [1.165, 1.54) is 4.68 Å². The molecule has 1 amide bonds. The molecule has 3 aromatic rings. The van der Waals surface area contributed by atoms with Crippen LogP contribution in [0.15, 0.2) is 40.1 Å². The Labute approximate surface area is 136 Å². The molecule has 0 unspecified atom stereocenters. The van der Waals surface area contributed by atoms with Crippen LogP contribution in [0, 0.1) is 6.92 Å². The number of hydrogen-bond acceptors (Lipinski definition) is 8. The van der Waals surface area contributed by atoms with Crippen LogP contribution in [0.2, 0.25) is 0 Å². The Kier molecular flexibility index (Phi) is 4.01. The van der Waals surface area contributed by atoms with E-state index in [0.29, 0.717) is 11.4 Å². The second-order valence-electron chi connectivity index (χ2n) is 4.91. The van der Waals surface area contributed by atoms with Gasteiger partial charge >= 0.3 is 0 Å². The molecule has 10 nitrogen and oxygen atoms in total. The summed E-state index contributed by atoms with van der Waals surface area (Å²) in [5.74, 6) is -0.278. The summed E-state index contributed by atoms with van der Waals surface area (Å²) in [6, 6.07) is 9.48. The van der Waals surface area contributed by atoms with Gasteiger partial charge in [0, 0.05) is 0 Å². The SMILES string of the molecule is C/C(=N/NC(=O)c1nnn(-c2nonc2N)c1C)c1ccccc1. The van der Waals surface area contributed by atoms with Crippen LogP contribution >= 0.6 is 0 Å². The first kappa shape index (κ1) is 15.3. The molecule has 0 saturated heterocycles. The Hall–Kier alpha value is -3.56. The van der Waals surface area contributed by atoms with Crippen LogP contribution in [-0.2, 0) is 0 Å². The highest BCUT2D eigenvalue weighted by Crippen LogP contribution is 2.14. The molecule has 24 heavy (non-hydrogen) atoms. The van der Waals surface area contributed by atoms with Crippen molar-refractivity contribution in [3.63, 3.8) is 0 Å². The highest BCUT2D eigenvalue weighted by molar-refractivity contribution is 6.00. The van der Waals surface area contributed by atoms with E-state index in [4.69, 9.17) is 5.73 Å². The van der Waals surface area contributed by atoms with Gasteiger partial charge < -0.3 is 5.73 Å². The van der Waals surface area contributed by atoms with E-state index in [1.54, 1.807) is 13.8 Å². The van der Waals surface area contributed by atoms with Gasteiger partial charge in [0.25, 0.3) is 5.91 Å². The Morgan fingerprint density at radius 2 is 2.04 bits per heavy atom. The molecule has 2 heterocycles. The Morgan fingerprint density at radius 1 is 1.29 bits per heavy atom. The van der Waals surface area contributed by atoms with Crippen molar-refractivity contribution in [1.29, 1.82) is 0 Å². The van der Waals surface area contributed by atoms with Gasteiger partial charge in [0.1, 0.15) is 0 Å². The molecule has 0 fully saturated rings. The lowest BCUT2D eigenvalue weighted by Crippen LogP contribution is -2.21. The number of nitrogens with two attached hydrogens (primary N) is 1. The molecule has 0 aliphatic rings. The van der Waals surface area contributed by atoms with Gasteiger partial charge in [-0.05, 0) is 29.7 Å². The van der Waals surface area contributed by atoms with Gasteiger partial charge in [-0.2, -0.15) is 9.78 Å². The lowest BCUT2D eigenvalue weighted by Gasteiger charge is -2.02. The standard InChI is InChI=1S/C14H14N8O2/c1-8(10-6-4-3-5-7-10)16-18-14(23)11-9(2)22(21-17-11)13-12(15)19-24-20-13/h3-7H,1-2H3,(H2,15,19)(H,18,23)/b16-8-. The van der Waals surface area contributed by atoms with Crippen LogP contribution < -0.4 is 11.2 Å². The van der Waals surface area contributed by atoms with Gasteiger partial charge in [0.05, 0.1) is 11.4 Å². The molecule has 0 atom stereocenters. The third kappa shape index (κ3) is 2.84. The largest absolute Gasteiger partial charge is 0.378 e. The van der Waals surface area contributed by atoms with Crippen molar-refractivity contribution in [3.05, 3.63) is 47.3 Å². The molecule has 0 radical (unpaired) electrons. The molecular weight excluding hydrogens is 312 g/mol. The summed E-state index contributed by atoms with van der Waals surface area (Å²) in [4.78, 5) is 12.2. The molecule has 0 bridgehead atoms. The van der Waals surface area contributed by atoms with E-state index in [2.05, 4.69) is 35.8 Å². The van der Waals surface area contributed by atoms with E-state index in [9.17, 15) is 4.79 Å². The zero-order valence-corrected chi connectivity index (χ0v) is 13.0. The number of anilines is 1. The topological polar surface area (TPSA) is 137 Å². The second kappa shape index (κ2) is 6.28. The minimum Gasteiger partial charge on any atom is -0.378 e. The molecule has 0 saturated carbocycles. The van der Waals surface area contributed by atoms with Crippen LogP contribution in [0.4, 0.5) is 5.82 Å². The first-order valence-corrected chi connectivity index (χ1v) is 6.98. The molecule has 1 aromatic carbocycles. The maximum Gasteiger partial charge on any atom is 0.293 e. The van der Waals surface area contributed by atoms with Gasteiger partial charge in [-0.15, -0.1) is 5.10 Å². The monoisotopic (exact) mass is 326 g/mol. The number of carbonyl (C=O) groups is 1. The third-order valence-electron chi connectivity index (χ3n) is 3.32. The summed E-state index contributed by atoms with van der Waals surface area (Å²) in [7, 11) is 0. The van der Waals surface area contributed by atoms with Crippen molar-refractivity contribution in [3.8, 4) is 5.82 Å². The maximum atomic E-state index is 12.2. The normalized spacial score (nSPS) is 11.5. The number of aromatic nitrogens is 5. The molecular formula is C14H14N8O2. The van der Waals surface area contributed by atoms with Crippen LogP contribution in [-0.4, -0.2) is 36.9 Å². The molecule has 0 spiro atoms. The lowest BCUT2D eigenvalue weighted by molar-refractivity contribution is 0.0949. The molecule has 3 rings (SSSR count). The predicted molar refractivity (Wildman–Crippen MR) is 84.5 cm³/mol. The van der Waals surface area contributed by atoms with Crippen molar-refractivity contribution < 1.29 is 9.42 Å². The van der Waals surface area contributed by atoms with Gasteiger partial charge in [-0.25, -0.2) is 10.1 Å². The number of benzene rings is 1. The maximum absolute atomic E-state index is 12.2. The van der Waals surface area contributed by atoms with E-state index in [0.717, 1.165) is 5.56 Å². The van der Waals surface area contributed by atoms with Crippen molar-refractivity contribution >= 4 is 17.4 Å². The number of carbonyl (C=O) groups excluding carboxylic acids is 1. The van der Waals surface area contributed by atoms with Crippen LogP contribution in [0.3, 0.4) is 0 Å². The van der Waals surface area contributed by atoms with Crippen LogP contribution in [0.1, 0.15) is 28.7 Å². The fourth-order valence-corrected chi connectivity index (χ4v) is 2.01. The Morgan fingerprint density at radius 3 is 2.71 bits per heavy atom. The highest BCUT2D eigenvalue weighted by Gasteiger charge is 2.20. The molecule has 2 aromatic heterocycles. The number of nitrogens with zero attached hydrogens (tertiary/aromatic N) is 6. The van der Waals surface area contributed by atoms with E-state index in [-0.39, 0.29) is 17.3 Å². The quantitative estimate of drug-likeness (QED) is 0.531. The minimum absolute atomic E-state index is 0.0490. The van der Waals surface area contributed by atoms with Crippen molar-refractivity contribution in [2.45, 2.75) is 13.8 Å². The first-order valence-electron chi connectivity index (χ1n) is 6.98. The number of hydrogen-bond donors (Lipinski definition) is 2. The zero-order chi connectivity index (χ0) is 17.1. The molecule has 3 N–H and O–H groups in total. The minimum atomic E-state index is -0.496. The number of rotatable bonds is 4. The Balaban J connectivity index is 1.79. The average molecular weight is 326 g/mol. The summed E-state index contributed by atoms with van der Waals surface area (Å²) in [6.45, 7) is 3.44. The fraction of sp³-hybridized carbons (Fsp3) is 0.143. The number of amides is 1. The zero-order valence-electron chi connectivity index (χ0n) is 13.0. The smallest absolute Gasteiger partial charge is 0.293 e. The number of hydrazone groups is 1.